The molecule has 0 saturated carbocycles. The fraction of sp³-hybridized carbons (Fsp3) is 0.200. The van der Waals surface area contributed by atoms with Crippen LogP contribution in [0, 0.1) is 0 Å². The lowest BCUT2D eigenvalue weighted by Gasteiger charge is -2.11. The predicted octanol–water partition coefficient (Wildman–Crippen LogP) is 4.40. The zero-order chi connectivity index (χ0) is 15.3. The van der Waals surface area contributed by atoms with Crippen molar-refractivity contribution in [3.05, 3.63) is 59.7 Å². The van der Waals surface area contributed by atoms with Gasteiger partial charge in [0.15, 0.2) is 0 Å². The minimum atomic E-state index is -4.26. The number of anilines is 1. The van der Waals surface area contributed by atoms with Gasteiger partial charge in [0.25, 0.3) is 0 Å². The topological polar surface area (TPSA) is 32.3 Å². The maximum atomic E-state index is 12.2. The van der Waals surface area contributed by atoms with E-state index in [1.807, 2.05) is 24.3 Å². The molecule has 2 nitrogen and oxygen atoms in total. The second-order valence-electron chi connectivity index (χ2n) is 4.36. The van der Waals surface area contributed by atoms with Crippen LogP contribution in [-0.4, -0.2) is 10.6 Å². The van der Waals surface area contributed by atoms with Crippen molar-refractivity contribution >= 4 is 17.4 Å². The van der Waals surface area contributed by atoms with Crippen molar-refractivity contribution in [3.8, 4) is 0 Å². The number of halogens is 3. The molecule has 0 aliphatic rings. The van der Waals surface area contributed by atoms with Crippen molar-refractivity contribution in [1.29, 1.82) is 0 Å². The average molecular weight is 313 g/mol. The monoisotopic (exact) mass is 313 g/mol. The molecular weight excluding hydrogens is 299 g/mol. The molecule has 21 heavy (non-hydrogen) atoms. The lowest BCUT2D eigenvalue weighted by atomic mass is 10.1. The standard InChI is InChI=1S/C15H14F3NOS/c16-15(17,18)21-13-7-5-11(6-8-13)9-19-14-4-2-1-3-12(14)10-20/h1-8,19-20H,9-10H2. The maximum absolute atomic E-state index is 12.2. The highest BCUT2D eigenvalue weighted by molar-refractivity contribution is 8.00. The van der Waals surface area contributed by atoms with Gasteiger partial charge in [-0.1, -0.05) is 30.3 Å². The third-order valence-electron chi connectivity index (χ3n) is 2.83. The van der Waals surface area contributed by atoms with Crippen LogP contribution in [0.2, 0.25) is 0 Å². The SMILES string of the molecule is OCc1ccccc1NCc1ccc(SC(F)(F)F)cc1. The zero-order valence-electron chi connectivity index (χ0n) is 11.0. The van der Waals surface area contributed by atoms with Gasteiger partial charge in [0.1, 0.15) is 0 Å². The van der Waals surface area contributed by atoms with Crippen LogP contribution in [0.3, 0.4) is 0 Å². The van der Waals surface area contributed by atoms with Crippen molar-refractivity contribution in [2.75, 3.05) is 5.32 Å². The number of hydrogen-bond acceptors (Lipinski definition) is 3. The molecule has 6 heteroatoms. The summed E-state index contributed by atoms with van der Waals surface area (Å²) < 4.78 is 36.7. The fourth-order valence-electron chi connectivity index (χ4n) is 1.84. The molecule has 0 unspecified atom stereocenters. The Morgan fingerprint density at radius 2 is 1.67 bits per heavy atom. The minimum Gasteiger partial charge on any atom is -0.392 e. The summed E-state index contributed by atoms with van der Waals surface area (Å²) in [5, 5.41) is 12.4. The molecule has 0 aromatic heterocycles. The van der Waals surface area contributed by atoms with Crippen LogP contribution in [-0.2, 0) is 13.2 Å². The van der Waals surface area contributed by atoms with Crippen LogP contribution < -0.4 is 5.32 Å². The Bertz CT molecular complexity index is 584. The number of benzene rings is 2. The molecule has 0 atom stereocenters. The number of rotatable bonds is 5. The quantitative estimate of drug-likeness (QED) is 0.802. The van der Waals surface area contributed by atoms with Gasteiger partial charge in [-0.3, -0.25) is 0 Å². The number of hydrogen-bond donors (Lipinski definition) is 2. The second-order valence-corrected chi connectivity index (χ2v) is 5.50. The Morgan fingerprint density at radius 1 is 1.00 bits per heavy atom. The number of aliphatic hydroxyl groups excluding tert-OH is 1. The Morgan fingerprint density at radius 3 is 2.29 bits per heavy atom. The van der Waals surface area contributed by atoms with Gasteiger partial charge in [-0.25, -0.2) is 0 Å². The maximum Gasteiger partial charge on any atom is 0.446 e. The first kappa shape index (κ1) is 15.7. The molecule has 0 saturated heterocycles. The number of nitrogens with one attached hydrogen (secondary N) is 1. The molecular formula is C15H14F3NOS. The molecule has 0 aliphatic heterocycles. The Hall–Kier alpha value is -1.66. The van der Waals surface area contributed by atoms with E-state index in [-0.39, 0.29) is 23.3 Å². The molecule has 0 aliphatic carbocycles. The van der Waals surface area contributed by atoms with Gasteiger partial charge in [0.2, 0.25) is 0 Å². The van der Waals surface area contributed by atoms with E-state index in [0.717, 1.165) is 16.8 Å². The van der Waals surface area contributed by atoms with E-state index in [0.29, 0.717) is 6.54 Å². The van der Waals surface area contributed by atoms with Crippen LogP contribution in [0.15, 0.2) is 53.4 Å². The highest BCUT2D eigenvalue weighted by Gasteiger charge is 2.28. The van der Waals surface area contributed by atoms with E-state index < -0.39 is 5.51 Å². The number of aliphatic hydroxyl groups is 1. The largest absolute Gasteiger partial charge is 0.446 e. The second kappa shape index (κ2) is 6.87. The summed E-state index contributed by atoms with van der Waals surface area (Å²) in [6.07, 6.45) is 0. The summed E-state index contributed by atoms with van der Waals surface area (Å²) in [4.78, 5) is 0.169. The van der Waals surface area contributed by atoms with E-state index in [9.17, 15) is 18.3 Å². The number of thioether (sulfide) groups is 1. The number of para-hydroxylation sites is 1. The van der Waals surface area contributed by atoms with E-state index in [1.165, 1.54) is 12.1 Å². The summed E-state index contributed by atoms with van der Waals surface area (Å²) in [6.45, 7) is 0.415. The molecule has 2 rings (SSSR count). The average Bonchev–Trinajstić information content (AvgIpc) is 2.45. The van der Waals surface area contributed by atoms with E-state index in [4.69, 9.17) is 0 Å². The molecule has 0 heterocycles. The van der Waals surface area contributed by atoms with Crippen molar-refractivity contribution < 1.29 is 18.3 Å². The third-order valence-corrected chi connectivity index (χ3v) is 3.57. The summed E-state index contributed by atoms with van der Waals surface area (Å²) in [6, 6.07) is 13.6. The molecule has 2 aromatic rings. The lowest BCUT2D eigenvalue weighted by Crippen LogP contribution is -2.03. The number of alkyl halides is 3. The van der Waals surface area contributed by atoms with Gasteiger partial charge in [-0.2, -0.15) is 13.2 Å². The summed E-state index contributed by atoms with van der Waals surface area (Å²) in [7, 11) is 0. The van der Waals surface area contributed by atoms with E-state index in [2.05, 4.69) is 5.32 Å². The predicted molar refractivity (Wildman–Crippen MR) is 78.0 cm³/mol. The Balaban J connectivity index is 1.98. The molecule has 112 valence electrons. The van der Waals surface area contributed by atoms with Crippen LogP contribution in [0.5, 0.6) is 0 Å². The van der Waals surface area contributed by atoms with E-state index in [1.54, 1.807) is 12.1 Å². The molecule has 0 amide bonds. The summed E-state index contributed by atoms with van der Waals surface area (Å²) in [5.74, 6) is 0. The van der Waals surface area contributed by atoms with Crippen molar-refractivity contribution in [2.24, 2.45) is 0 Å². The normalized spacial score (nSPS) is 11.4. The lowest BCUT2D eigenvalue weighted by molar-refractivity contribution is -0.0328. The molecule has 2 N–H and O–H groups in total. The highest BCUT2D eigenvalue weighted by Crippen LogP contribution is 2.36. The van der Waals surface area contributed by atoms with Gasteiger partial charge in [0, 0.05) is 22.7 Å². The van der Waals surface area contributed by atoms with Gasteiger partial charge in [-0.15, -0.1) is 0 Å². The zero-order valence-corrected chi connectivity index (χ0v) is 11.8. The molecule has 0 radical (unpaired) electrons. The van der Waals surface area contributed by atoms with Crippen LogP contribution in [0.1, 0.15) is 11.1 Å². The first-order valence-corrected chi connectivity index (χ1v) is 7.07. The van der Waals surface area contributed by atoms with Gasteiger partial charge < -0.3 is 10.4 Å². The van der Waals surface area contributed by atoms with Crippen LogP contribution in [0.25, 0.3) is 0 Å². The van der Waals surface area contributed by atoms with Gasteiger partial charge in [-0.05, 0) is 35.5 Å². The van der Waals surface area contributed by atoms with Crippen molar-refractivity contribution in [1.82, 2.24) is 0 Å². The van der Waals surface area contributed by atoms with Crippen molar-refractivity contribution in [3.63, 3.8) is 0 Å². The molecule has 0 fully saturated rings. The molecule has 0 spiro atoms. The molecule has 0 bridgehead atoms. The summed E-state index contributed by atoms with van der Waals surface area (Å²) >= 11 is -0.123. The third kappa shape index (κ3) is 4.99. The summed E-state index contributed by atoms with van der Waals surface area (Å²) in [5.41, 5.74) is -1.80. The minimum absolute atomic E-state index is 0.0651. The highest BCUT2D eigenvalue weighted by atomic mass is 32.2. The van der Waals surface area contributed by atoms with Gasteiger partial charge in [0.05, 0.1) is 6.61 Å². The molecule has 2 aromatic carbocycles. The van der Waals surface area contributed by atoms with Crippen molar-refractivity contribution in [2.45, 2.75) is 23.6 Å². The van der Waals surface area contributed by atoms with Crippen LogP contribution >= 0.6 is 11.8 Å². The van der Waals surface area contributed by atoms with E-state index >= 15 is 0 Å². The van der Waals surface area contributed by atoms with Gasteiger partial charge >= 0.3 is 5.51 Å². The van der Waals surface area contributed by atoms with Crippen LogP contribution in [0.4, 0.5) is 18.9 Å². The Kier molecular flexibility index (Phi) is 5.14. The Labute approximate surface area is 125 Å². The fourth-order valence-corrected chi connectivity index (χ4v) is 2.38. The smallest absolute Gasteiger partial charge is 0.392 e. The first-order chi connectivity index (χ1) is 9.98. The first-order valence-electron chi connectivity index (χ1n) is 6.25.